The molecule has 1 unspecified atom stereocenters. The summed E-state index contributed by atoms with van der Waals surface area (Å²) in [4.78, 5) is 0. The lowest BCUT2D eigenvalue weighted by atomic mass is 9.82. The number of benzene rings is 1. The smallest absolute Gasteiger partial charge is 0.124 e. The van der Waals surface area contributed by atoms with Gasteiger partial charge in [0.25, 0.3) is 0 Å². The van der Waals surface area contributed by atoms with E-state index in [4.69, 9.17) is 4.74 Å². The van der Waals surface area contributed by atoms with Gasteiger partial charge in [-0.2, -0.15) is 0 Å². The van der Waals surface area contributed by atoms with Gasteiger partial charge in [0.15, 0.2) is 0 Å². The van der Waals surface area contributed by atoms with Crippen LogP contribution in [0.2, 0.25) is 0 Å². The van der Waals surface area contributed by atoms with E-state index in [2.05, 4.69) is 38.2 Å². The van der Waals surface area contributed by atoms with Crippen LogP contribution in [-0.4, -0.2) is 13.7 Å². The van der Waals surface area contributed by atoms with E-state index < -0.39 is 0 Å². The number of hydrogen-bond donors (Lipinski definition) is 1. The summed E-state index contributed by atoms with van der Waals surface area (Å²) in [7, 11) is 1.79. The van der Waals surface area contributed by atoms with Crippen molar-refractivity contribution in [3.05, 3.63) is 28.8 Å². The number of nitrogens with one attached hydrogen (secondary N) is 1. The Morgan fingerprint density at radius 2 is 1.90 bits per heavy atom. The van der Waals surface area contributed by atoms with E-state index in [1.54, 1.807) is 7.11 Å². The van der Waals surface area contributed by atoms with Gasteiger partial charge in [0.1, 0.15) is 5.75 Å². The van der Waals surface area contributed by atoms with Crippen molar-refractivity contribution in [2.45, 2.75) is 65.3 Å². The van der Waals surface area contributed by atoms with E-state index in [-0.39, 0.29) is 0 Å². The highest BCUT2D eigenvalue weighted by Crippen LogP contribution is 2.37. The molecular formula is C19H31NO. The zero-order valence-corrected chi connectivity index (χ0v) is 14.2. The highest BCUT2D eigenvalue weighted by Gasteiger charge is 2.23. The van der Waals surface area contributed by atoms with Gasteiger partial charge in [-0.25, -0.2) is 0 Å². The first-order chi connectivity index (χ1) is 10.2. The molecule has 0 bridgehead atoms. The van der Waals surface area contributed by atoms with Crippen molar-refractivity contribution in [2.24, 2.45) is 5.92 Å². The molecule has 2 nitrogen and oxygen atoms in total. The summed E-state index contributed by atoms with van der Waals surface area (Å²) in [6, 6.07) is 4.88. The molecule has 2 heteroatoms. The monoisotopic (exact) mass is 289 g/mol. The van der Waals surface area contributed by atoms with Crippen LogP contribution in [0.25, 0.3) is 0 Å². The molecule has 1 fully saturated rings. The first kappa shape index (κ1) is 16.4. The standard InChI is InChI=1S/C19H31NO/c1-5-20-17(13-16-9-7-6-8-10-16)19-15(3)11-14(2)12-18(19)21-4/h11-12,16-17,20H,5-10,13H2,1-4H3. The average Bonchev–Trinajstić information content (AvgIpc) is 2.47. The van der Waals surface area contributed by atoms with Crippen LogP contribution in [0.15, 0.2) is 12.1 Å². The SMILES string of the molecule is CCNC(CC1CCCCC1)c1c(C)cc(C)cc1OC. The minimum Gasteiger partial charge on any atom is -0.496 e. The molecule has 1 aromatic rings. The largest absolute Gasteiger partial charge is 0.496 e. The van der Waals surface area contributed by atoms with Crippen LogP contribution in [-0.2, 0) is 0 Å². The molecule has 0 radical (unpaired) electrons. The predicted molar refractivity (Wildman–Crippen MR) is 90.1 cm³/mol. The number of methoxy groups -OCH3 is 1. The maximum atomic E-state index is 5.68. The molecule has 1 aromatic carbocycles. The molecule has 0 amide bonds. The third-order valence-electron chi connectivity index (χ3n) is 4.81. The van der Waals surface area contributed by atoms with Gasteiger partial charge in [0.2, 0.25) is 0 Å². The highest BCUT2D eigenvalue weighted by atomic mass is 16.5. The fourth-order valence-corrected chi connectivity index (χ4v) is 3.86. The molecule has 21 heavy (non-hydrogen) atoms. The topological polar surface area (TPSA) is 21.3 Å². The summed E-state index contributed by atoms with van der Waals surface area (Å²) in [6.45, 7) is 7.57. The van der Waals surface area contributed by atoms with E-state index in [0.717, 1.165) is 18.2 Å². The van der Waals surface area contributed by atoms with E-state index in [1.165, 1.54) is 55.2 Å². The maximum absolute atomic E-state index is 5.68. The number of ether oxygens (including phenoxy) is 1. The number of aryl methyl sites for hydroxylation is 2. The number of hydrogen-bond acceptors (Lipinski definition) is 2. The molecule has 1 saturated carbocycles. The lowest BCUT2D eigenvalue weighted by molar-refractivity contribution is 0.296. The van der Waals surface area contributed by atoms with Crippen LogP contribution in [0.1, 0.15) is 68.2 Å². The quantitative estimate of drug-likeness (QED) is 0.801. The third kappa shape index (κ3) is 4.23. The first-order valence-electron chi connectivity index (χ1n) is 8.54. The Labute approximate surface area is 130 Å². The summed E-state index contributed by atoms with van der Waals surface area (Å²) in [5, 5.41) is 3.70. The van der Waals surface area contributed by atoms with Crippen molar-refractivity contribution in [1.29, 1.82) is 0 Å². The zero-order chi connectivity index (χ0) is 15.2. The average molecular weight is 289 g/mol. The molecule has 1 aliphatic carbocycles. The highest BCUT2D eigenvalue weighted by molar-refractivity contribution is 5.45. The van der Waals surface area contributed by atoms with Gasteiger partial charge in [0.05, 0.1) is 7.11 Å². The van der Waals surface area contributed by atoms with Crippen molar-refractivity contribution in [3.8, 4) is 5.75 Å². The Hall–Kier alpha value is -1.02. The molecule has 0 aromatic heterocycles. The Bertz CT molecular complexity index is 449. The molecule has 1 aliphatic rings. The van der Waals surface area contributed by atoms with Crippen molar-refractivity contribution >= 4 is 0 Å². The summed E-state index contributed by atoms with van der Waals surface area (Å²) in [5.41, 5.74) is 4.00. The van der Waals surface area contributed by atoms with Crippen LogP contribution in [0, 0.1) is 19.8 Å². The van der Waals surface area contributed by atoms with Crippen LogP contribution in [0.3, 0.4) is 0 Å². The molecule has 1 N–H and O–H groups in total. The molecular weight excluding hydrogens is 258 g/mol. The Morgan fingerprint density at radius 1 is 1.19 bits per heavy atom. The van der Waals surface area contributed by atoms with Gasteiger partial charge in [-0.3, -0.25) is 0 Å². The van der Waals surface area contributed by atoms with Crippen LogP contribution in [0.5, 0.6) is 5.75 Å². The Morgan fingerprint density at radius 3 is 2.52 bits per heavy atom. The van der Waals surface area contributed by atoms with Gasteiger partial charge in [-0.1, -0.05) is 45.1 Å². The van der Waals surface area contributed by atoms with Gasteiger partial charge >= 0.3 is 0 Å². The van der Waals surface area contributed by atoms with Gasteiger partial charge in [-0.05, 0) is 49.9 Å². The van der Waals surface area contributed by atoms with E-state index in [1.807, 2.05) is 0 Å². The predicted octanol–water partition coefficient (Wildman–Crippen LogP) is 4.93. The molecule has 0 spiro atoms. The fraction of sp³-hybridized carbons (Fsp3) is 0.684. The minimum atomic E-state index is 0.425. The van der Waals surface area contributed by atoms with Crippen LogP contribution in [0.4, 0.5) is 0 Å². The van der Waals surface area contributed by atoms with E-state index in [9.17, 15) is 0 Å². The fourth-order valence-electron chi connectivity index (χ4n) is 3.86. The van der Waals surface area contributed by atoms with Crippen molar-refractivity contribution in [3.63, 3.8) is 0 Å². The van der Waals surface area contributed by atoms with Crippen molar-refractivity contribution in [2.75, 3.05) is 13.7 Å². The third-order valence-corrected chi connectivity index (χ3v) is 4.81. The summed E-state index contributed by atoms with van der Waals surface area (Å²) >= 11 is 0. The summed E-state index contributed by atoms with van der Waals surface area (Å²) < 4.78 is 5.68. The lowest BCUT2D eigenvalue weighted by Crippen LogP contribution is -2.25. The Kier molecular flexibility index (Phi) is 6.10. The first-order valence-corrected chi connectivity index (χ1v) is 8.54. The normalized spacial score (nSPS) is 17.7. The lowest BCUT2D eigenvalue weighted by Gasteiger charge is -2.29. The zero-order valence-electron chi connectivity index (χ0n) is 14.2. The minimum absolute atomic E-state index is 0.425. The second-order valence-corrected chi connectivity index (χ2v) is 6.55. The van der Waals surface area contributed by atoms with Crippen molar-refractivity contribution in [1.82, 2.24) is 5.32 Å². The van der Waals surface area contributed by atoms with E-state index >= 15 is 0 Å². The Balaban J connectivity index is 2.24. The van der Waals surface area contributed by atoms with Crippen LogP contribution >= 0.6 is 0 Å². The van der Waals surface area contributed by atoms with Crippen LogP contribution < -0.4 is 10.1 Å². The molecule has 1 atom stereocenters. The molecule has 0 saturated heterocycles. The van der Waals surface area contributed by atoms with Gasteiger partial charge in [0, 0.05) is 11.6 Å². The van der Waals surface area contributed by atoms with E-state index in [0.29, 0.717) is 6.04 Å². The van der Waals surface area contributed by atoms with Gasteiger partial charge in [-0.15, -0.1) is 0 Å². The molecule has 118 valence electrons. The van der Waals surface area contributed by atoms with Gasteiger partial charge < -0.3 is 10.1 Å². The second-order valence-electron chi connectivity index (χ2n) is 6.55. The maximum Gasteiger partial charge on any atom is 0.124 e. The molecule has 0 heterocycles. The summed E-state index contributed by atoms with van der Waals surface area (Å²) in [5.74, 6) is 1.92. The molecule has 0 aliphatic heterocycles. The van der Waals surface area contributed by atoms with Crippen molar-refractivity contribution < 1.29 is 4.74 Å². The second kappa shape index (κ2) is 7.84. The summed E-state index contributed by atoms with van der Waals surface area (Å²) in [6.07, 6.45) is 8.29. The molecule has 2 rings (SSSR count). The number of rotatable bonds is 6.